The Kier molecular flexibility index (Phi) is 3.04. The Morgan fingerprint density at radius 3 is 2.62 bits per heavy atom. The Hall–Kier alpha value is -1.34. The van der Waals surface area contributed by atoms with Crippen molar-refractivity contribution in [3.63, 3.8) is 0 Å². The molecule has 0 aliphatic heterocycles. The largest absolute Gasteiger partial charge is 0.384 e. The molecule has 1 rings (SSSR count). The van der Waals surface area contributed by atoms with Crippen molar-refractivity contribution in [2.24, 2.45) is 0 Å². The Labute approximate surface area is 79.0 Å². The van der Waals surface area contributed by atoms with Crippen LogP contribution in [-0.4, -0.2) is 5.11 Å². The van der Waals surface area contributed by atoms with Gasteiger partial charge in [-0.05, 0) is 23.6 Å². The monoisotopic (exact) mass is 174 g/mol. The van der Waals surface area contributed by atoms with E-state index in [-0.39, 0.29) is 0 Å². The normalized spacial score (nSPS) is 12.2. The van der Waals surface area contributed by atoms with E-state index in [0.717, 1.165) is 11.1 Å². The predicted molar refractivity (Wildman–Crippen MR) is 55.5 cm³/mol. The molecule has 0 aliphatic carbocycles. The van der Waals surface area contributed by atoms with Crippen LogP contribution in [0.3, 0.4) is 0 Å². The van der Waals surface area contributed by atoms with E-state index in [9.17, 15) is 5.11 Å². The van der Waals surface area contributed by atoms with E-state index >= 15 is 0 Å². The fourth-order valence-electron chi connectivity index (χ4n) is 1.20. The molecule has 0 aromatic heterocycles. The zero-order valence-corrected chi connectivity index (χ0v) is 7.83. The van der Waals surface area contributed by atoms with Gasteiger partial charge in [-0.3, -0.25) is 0 Å². The Balaban J connectivity index is 3.01. The van der Waals surface area contributed by atoms with Crippen molar-refractivity contribution in [3.05, 3.63) is 60.2 Å². The van der Waals surface area contributed by atoms with Crippen LogP contribution in [0.5, 0.6) is 0 Å². The second-order valence-electron chi connectivity index (χ2n) is 3.04. The van der Waals surface area contributed by atoms with Crippen LogP contribution < -0.4 is 0 Å². The van der Waals surface area contributed by atoms with Gasteiger partial charge < -0.3 is 5.11 Å². The summed E-state index contributed by atoms with van der Waals surface area (Å²) in [5.74, 6) is 0. The van der Waals surface area contributed by atoms with E-state index in [1.807, 2.05) is 31.2 Å². The van der Waals surface area contributed by atoms with E-state index in [4.69, 9.17) is 0 Å². The predicted octanol–water partition coefficient (Wildman–Crippen LogP) is 2.77. The number of hydrogen-bond acceptors (Lipinski definition) is 1. The van der Waals surface area contributed by atoms with Crippen molar-refractivity contribution < 1.29 is 5.11 Å². The number of aliphatic hydroxyl groups is 1. The topological polar surface area (TPSA) is 20.2 Å². The lowest BCUT2D eigenvalue weighted by molar-refractivity contribution is 0.219. The lowest BCUT2D eigenvalue weighted by Crippen LogP contribution is -2.00. The zero-order valence-electron chi connectivity index (χ0n) is 7.83. The van der Waals surface area contributed by atoms with Crippen LogP contribution in [0.15, 0.2) is 49.1 Å². The smallest absolute Gasteiger partial charge is 0.104 e. The number of rotatable bonds is 3. The average Bonchev–Trinajstić information content (AvgIpc) is 2.16. The summed E-state index contributed by atoms with van der Waals surface area (Å²) in [7, 11) is 0. The molecule has 0 saturated heterocycles. The summed E-state index contributed by atoms with van der Waals surface area (Å²) in [5.41, 5.74) is 2.60. The van der Waals surface area contributed by atoms with Gasteiger partial charge in [-0.2, -0.15) is 0 Å². The highest BCUT2D eigenvalue weighted by Crippen LogP contribution is 2.23. The third-order valence-corrected chi connectivity index (χ3v) is 2.10. The number of hydrogen-bond donors (Lipinski definition) is 1. The fourth-order valence-corrected chi connectivity index (χ4v) is 1.20. The molecule has 0 spiro atoms. The van der Waals surface area contributed by atoms with Crippen molar-refractivity contribution in [1.29, 1.82) is 0 Å². The summed E-state index contributed by atoms with van der Waals surface area (Å²) < 4.78 is 0. The molecule has 1 aromatic carbocycles. The lowest BCUT2D eigenvalue weighted by Gasteiger charge is -2.13. The molecule has 0 radical (unpaired) electrons. The molecular weight excluding hydrogens is 160 g/mol. The minimum Gasteiger partial charge on any atom is -0.384 e. The first-order chi connectivity index (χ1) is 6.16. The molecule has 13 heavy (non-hydrogen) atoms. The third kappa shape index (κ3) is 2.07. The molecule has 0 bridgehead atoms. The summed E-state index contributed by atoms with van der Waals surface area (Å²) in [6.07, 6.45) is 0.954. The average molecular weight is 174 g/mol. The van der Waals surface area contributed by atoms with Crippen molar-refractivity contribution in [3.8, 4) is 0 Å². The van der Waals surface area contributed by atoms with Gasteiger partial charge in [0.05, 0.1) is 0 Å². The van der Waals surface area contributed by atoms with Gasteiger partial charge in [0.25, 0.3) is 0 Å². The van der Waals surface area contributed by atoms with Crippen LogP contribution >= 0.6 is 0 Å². The molecule has 68 valence electrons. The highest BCUT2D eigenvalue weighted by atomic mass is 16.3. The van der Waals surface area contributed by atoms with Crippen LogP contribution in [0.25, 0.3) is 0 Å². The SMILES string of the molecule is C=CC(=C)[C@H](O)c1ccccc1C. The third-order valence-electron chi connectivity index (χ3n) is 2.10. The molecule has 0 unspecified atom stereocenters. The van der Waals surface area contributed by atoms with Crippen molar-refractivity contribution in [1.82, 2.24) is 0 Å². The zero-order chi connectivity index (χ0) is 9.84. The maximum Gasteiger partial charge on any atom is 0.104 e. The summed E-state index contributed by atoms with van der Waals surface area (Å²) in [6, 6.07) is 7.72. The fraction of sp³-hybridized carbons (Fsp3) is 0.167. The van der Waals surface area contributed by atoms with Gasteiger partial charge >= 0.3 is 0 Å². The minimum atomic E-state index is -0.626. The quantitative estimate of drug-likeness (QED) is 0.698. The summed E-state index contributed by atoms with van der Waals surface area (Å²) in [6.45, 7) is 9.27. The first-order valence-electron chi connectivity index (χ1n) is 4.21. The highest BCUT2D eigenvalue weighted by Gasteiger charge is 2.10. The summed E-state index contributed by atoms with van der Waals surface area (Å²) in [5, 5.41) is 9.80. The van der Waals surface area contributed by atoms with Gasteiger partial charge in [0, 0.05) is 0 Å². The van der Waals surface area contributed by atoms with Gasteiger partial charge in [0.1, 0.15) is 6.10 Å². The maximum absolute atomic E-state index is 9.80. The van der Waals surface area contributed by atoms with Crippen molar-refractivity contribution in [2.75, 3.05) is 0 Å². The molecule has 1 N–H and O–H groups in total. The van der Waals surface area contributed by atoms with Crippen molar-refractivity contribution in [2.45, 2.75) is 13.0 Å². The van der Waals surface area contributed by atoms with Crippen molar-refractivity contribution >= 4 is 0 Å². The summed E-state index contributed by atoms with van der Waals surface area (Å²) >= 11 is 0. The Bertz CT molecular complexity index is 326. The molecule has 0 amide bonds. The lowest BCUT2D eigenvalue weighted by atomic mass is 9.99. The summed E-state index contributed by atoms with van der Waals surface area (Å²) in [4.78, 5) is 0. The standard InChI is InChI=1S/C12H14O/c1-4-9(2)12(13)11-8-6-5-7-10(11)3/h4-8,12-13H,1-2H2,3H3/t12-/m0/s1. The van der Waals surface area contributed by atoms with Crippen LogP contribution in [0.2, 0.25) is 0 Å². The molecule has 1 heteroatoms. The van der Waals surface area contributed by atoms with E-state index in [1.165, 1.54) is 0 Å². The van der Waals surface area contributed by atoms with Crippen LogP contribution in [0.4, 0.5) is 0 Å². The first kappa shape index (κ1) is 9.75. The second-order valence-corrected chi connectivity index (χ2v) is 3.04. The minimum absolute atomic E-state index is 0.626. The maximum atomic E-state index is 9.80. The Morgan fingerprint density at radius 2 is 2.08 bits per heavy atom. The molecular formula is C12H14O. The number of aryl methyl sites for hydroxylation is 1. The highest BCUT2D eigenvalue weighted by molar-refractivity contribution is 5.34. The molecule has 0 saturated carbocycles. The van der Waals surface area contributed by atoms with Crippen LogP contribution in [0, 0.1) is 6.92 Å². The van der Waals surface area contributed by atoms with Crippen LogP contribution in [0.1, 0.15) is 17.2 Å². The van der Waals surface area contributed by atoms with Gasteiger partial charge in [-0.15, -0.1) is 0 Å². The number of aliphatic hydroxyl groups excluding tert-OH is 1. The molecule has 0 heterocycles. The molecule has 1 nitrogen and oxygen atoms in total. The van der Waals surface area contributed by atoms with Gasteiger partial charge in [0.2, 0.25) is 0 Å². The van der Waals surface area contributed by atoms with Gasteiger partial charge in [0.15, 0.2) is 0 Å². The number of benzene rings is 1. The molecule has 0 aliphatic rings. The van der Waals surface area contributed by atoms with E-state index in [0.29, 0.717) is 5.57 Å². The molecule has 1 atom stereocenters. The Morgan fingerprint density at radius 1 is 1.46 bits per heavy atom. The first-order valence-corrected chi connectivity index (χ1v) is 4.21. The van der Waals surface area contributed by atoms with E-state index in [1.54, 1.807) is 6.08 Å². The second kappa shape index (κ2) is 4.06. The van der Waals surface area contributed by atoms with Crippen LogP contribution in [-0.2, 0) is 0 Å². The van der Waals surface area contributed by atoms with Gasteiger partial charge in [-0.1, -0.05) is 43.5 Å². The molecule has 1 aromatic rings. The molecule has 0 fully saturated rings. The van der Waals surface area contributed by atoms with Gasteiger partial charge in [-0.25, -0.2) is 0 Å². The van der Waals surface area contributed by atoms with E-state index < -0.39 is 6.10 Å². The van der Waals surface area contributed by atoms with E-state index in [2.05, 4.69) is 13.2 Å².